The minimum Gasteiger partial charge on any atom is -0.355 e. The monoisotopic (exact) mass is 283 g/mol. The van der Waals surface area contributed by atoms with Crippen LogP contribution in [0.3, 0.4) is 0 Å². The van der Waals surface area contributed by atoms with Gasteiger partial charge >= 0.3 is 0 Å². The highest BCUT2D eigenvalue weighted by molar-refractivity contribution is 7.91. The van der Waals surface area contributed by atoms with Crippen molar-refractivity contribution >= 4 is 37.2 Å². The highest BCUT2D eigenvalue weighted by Gasteiger charge is 2.31. The van der Waals surface area contributed by atoms with Gasteiger partial charge in [0.2, 0.25) is 0 Å². The van der Waals surface area contributed by atoms with Crippen LogP contribution in [0.4, 0.5) is 5.82 Å². The van der Waals surface area contributed by atoms with E-state index in [2.05, 4.69) is 9.97 Å². The molecule has 5 nitrogen and oxygen atoms in total. The zero-order chi connectivity index (χ0) is 12.8. The van der Waals surface area contributed by atoms with E-state index < -0.39 is 9.84 Å². The Balaban J connectivity index is 1.97. The number of hydrogen-bond donors (Lipinski definition) is 0. The summed E-state index contributed by atoms with van der Waals surface area (Å²) in [6, 6.07) is 2.00. The zero-order valence-corrected chi connectivity index (χ0v) is 11.5. The van der Waals surface area contributed by atoms with Crippen molar-refractivity contribution in [2.24, 2.45) is 0 Å². The number of fused-ring (bicyclic) bond motifs is 1. The first kappa shape index (κ1) is 11.9. The fourth-order valence-electron chi connectivity index (χ4n) is 2.31. The summed E-state index contributed by atoms with van der Waals surface area (Å²) >= 11 is 1.57. The molecular weight excluding hydrogens is 270 g/mol. The Labute approximate surface area is 109 Å². The lowest BCUT2D eigenvalue weighted by Crippen LogP contribution is -2.33. The fourth-order valence-corrected chi connectivity index (χ4v) is 4.81. The lowest BCUT2D eigenvalue weighted by atomic mass is 10.2. The molecule has 3 rings (SSSR count). The van der Waals surface area contributed by atoms with Crippen LogP contribution >= 0.6 is 11.3 Å². The zero-order valence-electron chi connectivity index (χ0n) is 9.91. The van der Waals surface area contributed by atoms with E-state index in [1.54, 1.807) is 11.3 Å². The van der Waals surface area contributed by atoms with E-state index in [0.717, 1.165) is 16.0 Å². The third-order valence-electron chi connectivity index (χ3n) is 3.33. The van der Waals surface area contributed by atoms with E-state index in [1.165, 1.54) is 6.33 Å². The average molecular weight is 283 g/mol. The number of thiophene rings is 1. The molecule has 1 aliphatic heterocycles. The first-order valence-corrected chi connectivity index (χ1v) is 8.38. The van der Waals surface area contributed by atoms with Crippen molar-refractivity contribution in [2.75, 3.05) is 23.5 Å². The topological polar surface area (TPSA) is 63.2 Å². The molecule has 96 valence electrons. The third kappa shape index (κ3) is 1.97. The molecule has 2 aromatic heterocycles. The largest absolute Gasteiger partial charge is 0.355 e. The van der Waals surface area contributed by atoms with Crippen molar-refractivity contribution < 1.29 is 8.42 Å². The summed E-state index contributed by atoms with van der Waals surface area (Å²) in [5.74, 6) is 1.32. The number of hydrogen-bond acceptors (Lipinski definition) is 6. The molecule has 0 aromatic carbocycles. The molecule has 1 atom stereocenters. The van der Waals surface area contributed by atoms with Gasteiger partial charge in [-0.05, 0) is 17.9 Å². The molecule has 0 saturated carbocycles. The van der Waals surface area contributed by atoms with E-state index in [0.29, 0.717) is 6.42 Å². The van der Waals surface area contributed by atoms with Gasteiger partial charge in [-0.1, -0.05) is 0 Å². The molecule has 3 heterocycles. The molecule has 0 bridgehead atoms. The summed E-state index contributed by atoms with van der Waals surface area (Å²) in [7, 11) is -0.963. The molecule has 0 aliphatic carbocycles. The number of rotatable bonds is 2. The van der Waals surface area contributed by atoms with Crippen molar-refractivity contribution in [3.05, 3.63) is 17.8 Å². The maximum atomic E-state index is 11.5. The Morgan fingerprint density at radius 2 is 2.28 bits per heavy atom. The highest BCUT2D eigenvalue weighted by atomic mass is 32.2. The maximum absolute atomic E-state index is 11.5. The number of aromatic nitrogens is 2. The second kappa shape index (κ2) is 4.17. The second-order valence-corrected chi connectivity index (χ2v) is 7.63. The SMILES string of the molecule is CN(c1ncnc2sccc12)[C@H]1CCS(=O)(=O)C1. The first-order valence-electron chi connectivity index (χ1n) is 5.68. The van der Waals surface area contributed by atoms with Crippen molar-refractivity contribution in [2.45, 2.75) is 12.5 Å². The molecule has 1 aliphatic rings. The lowest BCUT2D eigenvalue weighted by Gasteiger charge is -2.24. The van der Waals surface area contributed by atoms with Crippen LogP contribution in [0.15, 0.2) is 17.8 Å². The quantitative estimate of drug-likeness (QED) is 0.831. The van der Waals surface area contributed by atoms with Crippen LogP contribution in [0.2, 0.25) is 0 Å². The second-order valence-electron chi connectivity index (χ2n) is 4.50. The average Bonchev–Trinajstić information content (AvgIpc) is 2.93. The van der Waals surface area contributed by atoms with Crippen LogP contribution in [0.25, 0.3) is 10.2 Å². The van der Waals surface area contributed by atoms with E-state index in [4.69, 9.17) is 0 Å². The van der Waals surface area contributed by atoms with Gasteiger partial charge in [0.25, 0.3) is 0 Å². The molecule has 0 amide bonds. The summed E-state index contributed by atoms with van der Waals surface area (Å²) < 4.78 is 23.1. The summed E-state index contributed by atoms with van der Waals surface area (Å²) in [5.41, 5.74) is 0. The van der Waals surface area contributed by atoms with Crippen LogP contribution in [0.5, 0.6) is 0 Å². The third-order valence-corrected chi connectivity index (χ3v) is 5.90. The van der Waals surface area contributed by atoms with E-state index in [-0.39, 0.29) is 17.5 Å². The predicted molar refractivity (Wildman–Crippen MR) is 72.9 cm³/mol. The van der Waals surface area contributed by atoms with Gasteiger partial charge in [-0.15, -0.1) is 11.3 Å². The molecule has 18 heavy (non-hydrogen) atoms. The van der Waals surface area contributed by atoms with Crippen molar-refractivity contribution in [3.63, 3.8) is 0 Å². The van der Waals surface area contributed by atoms with Crippen molar-refractivity contribution in [1.82, 2.24) is 9.97 Å². The van der Waals surface area contributed by atoms with Gasteiger partial charge < -0.3 is 4.90 Å². The van der Waals surface area contributed by atoms with Crippen LogP contribution in [0.1, 0.15) is 6.42 Å². The Hall–Kier alpha value is -1.21. The Kier molecular flexibility index (Phi) is 2.74. The van der Waals surface area contributed by atoms with Gasteiger partial charge in [-0.2, -0.15) is 0 Å². The molecule has 0 spiro atoms. The molecule has 1 saturated heterocycles. The van der Waals surface area contributed by atoms with E-state index >= 15 is 0 Å². The van der Waals surface area contributed by atoms with E-state index in [9.17, 15) is 8.42 Å². The fraction of sp³-hybridized carbons (Fsp3) is 0.455. The molecule has 1 fully saturated rings. The number of anilines is 1. The highest BCUT2D eigenvalue weighted by Crippen LogP contribution is 2.29. The Morgan fingerprint density at radius 1 is 1.44 bits per heavy atom. The Morgan fingerprint density at radius 3 is 3.00 bits per heavy atom. The molecule has 0 unspecified atom stereocenters. The van der Waals surface area contributed by atoms with Crippen molar-refractivity contribution in [3.8, 4) is 0 Å². The summed E-state index contributed by atoms with van der Waals surface area (Å²) in [6.07, 6.45) is 2.21. The minimum atomic E-state index is -2.87. The predicted octanol–water partition coefficient (Wildman–Crippen LogP) is 1.31. The van der Waals surface area contributed by atoms with Crippen LogP contribution in [-0.2, 0) is 9.84 Å². The van der Waals surface area contributed by atoms with Gasteiger partial charge in [0.15, 0.2) is 9.84 Å². The Bertz CT molecular complexity index is 680. The van der Waals surface area contributed by atoms with Gasteiger partial charge in [-0.3, -0.25) is 0 Å². The van der Waals surface area contributed by atoms with Crippen LogP contribution in [-0.4, -0.2) is 43.0 Å². The lowest BCUT2D eigenvalue weighted by molar-refractivity contribution is 0.600. The van der Waals surface area contributed by atoms with E-state index in [1.807, 2.05) is 23.4 Å². The summed E-state index contributed by atoms with van der Waals surface area (Å²) in [6.45, 7) is 0. The number of sulfone groups is 1. The molecular formula is C11H13N3O2S2. The number of nitrogens with zero attached hydrogens (tertiary/aromatic N) is 3. The smallest absolute Gasteiger partial charge is 0.152 e. The first-order chi connectivity index (χ1) is 8.57. The summed E-state index contributed by atoms with van der Waals surface area (Å²) in [4.78, 5) is 11.4. The van der Waals surface area contributed by atoms with Crippen molar-refractivity contribution in [1.29, 1.82) is 0 Å². The van der Waals surface area contributed by atoms with Gasteiger partial charge in [-0.25, -0.2) is 18.4 Å². The maximum Gasteiger partial charge on any atom is 0.152 e. The minimum absolute atomic E-state index is 0.0213. The van der Waals surface area contributed by atoms with Gasteiger partial charge in [0, 0.05) is 13.1 Å². The van der Waals surface area contributed by atoms with Gasteiger partial charge in [0.1, 0.15) is 17.0 Å². The molecule has 7 heteroatoms. The molecule has 0 N–H and O–H groups in total. The molecule has 0 radical (unpaired) electrons. The van der Waals surface area contributed by atoms with Crippen LogP contribution in [0, 0.1) is 0 Å². The summed E-state index contributed by atoms with van der Waals surface area (Å²) in [5, 5.41) is 2.97. The molecule has 2 aromatic rings. The standard InChI is InChI=1S/C11H13N3O2S2/c1-14(8-3-5-18(15,16)6-8)10-9-2-4-17-11(9)13-7-12-10/h2,4,7-8H,3,5-6H2,1H3/t8-/m0/s1. The van der Waals surface area contributed by atoms with Crippen LogP contribution < -0.4 is 4.90 Å². The van der Waals surface area contributed by atoms with Gasteiger partial charge in [0.05, 0.1) is 16.9 Å². The normalized spacial score (nSPS) is 22.4.